The summed E-state index contributed by atoms with van der Waals surface area (Å²) in [5.41, 5.74) is 6.91. The van der Waals surface area contributed by atoms with Gasteiger partial charge in [-0.15, -0.1) is 0 Å². The van der Waals surface area contributed by atoms with Gasteiger partial charge in [0.25, 0.3) is 5.91 Å². The average Bonchev–Trinajstić information content (AvgIpc) is 3.01. The van der Waals surface area contributed by atoms with Gasteiger partial charge in [-0.3, -0.25) is 10.2 Å². The number of carbonyl (C=O) groups excluding carboxylic acids is 1. The zero-order valence-electron chi connectivity index (χ0n) is 15.2. The first-order chi connectivity index (χ1) is 13.0. The number of halogens is 2. The summed E-state index contributed by atoms with van der Waals surface area (Å²) < 4.78 is 24.7. The second kappa shape index (κ2) is 8.12. The van der Waals surface area contributed by atoms with Crippen LogP contribution in [0.25, 0.3) is 0 Å². The molecule has 3 atom stereocenters. The minimum Gasteiger partial charge on any atom is -0.493 e. The van der Waals surface area contributed by atoms with Crippen molar-refractivity contribution >= 4 is 17.5 Å². The van der Waals surface area contributed by atoms with Gasteiger partial charge in [0, 0.05) is 12.0 Å². The molecule has 1 heterocycles. The number of nitrogens with one attached hydrogen (secondary N) is 3. The van der Waals surface area contributed by atoms with E-state index in [-0.39, 0.29) is 22.5 Å². The van der Waals surface area contributed by atoms with Crippen LogP contribution in [0.15, 0.2) is 36.4 Å². The van der Waals surface area contributed by atoms with E-state index in [1.807, 2.05) is 25.1 Å². The molecular formula is C19H21ClFN3O3. The van der Waals surface area contributed by atoms with Crippen molar-refractivity contribution in [3.05, 3.63) is 58.4 Å². The Bertz CT molecular complexity index is 829. The van der Waals surface area contributed by atoms with E-state index in [0.717, 1.165) is 5.56 Å². The molecule has 1 fully saturated rings. The highest BCUT2D eigenvalue weighted by Gasteiger charge is 2.36. The van der Waals surface area contributed by atoms with Gasteiger partial charge in [0.15, 0.2) is 11.5 Å². The zero-order valence-corrected chi connectivity index (χ0v) is 15.9. The third kappa shape index (κ3) is 3.85. The Morgan fingerprint density at radius 2 is 1.89 bits per heavy atom. The maximum Gasteiger partial charge on any atom is 0.257 e. The molecule has 0 radical (unpaired) electrons. The topological polar surface area (TPSA) is 71.6 Å². The second-order valence-electron chi connectivity index (χ2n) is 6.27. The summed E-state index contributed by atoms with van der Waals surface area (Å²) in [6, 6.07) is 9.73. The van der Waals surface area contributed by atoms with Crippen LogP contribution in [0, 0.1) is 5.82 Å². The molecule has 0 bridgehead atoms. The van der Waals surface area contributed by atoms with Gasteiger partial charge in [-0.25, -0.2) is 9.82 Å². The van der Waals surface area contributed by atoms with Crippen LogP contribution in [0.3, 0.4) is 0 Å². The molecule has 0 spiro atoms. The van der Waals surface area contributed by atoms with Crippen molar-refractivity contribution in [3.8, 4) is 11.5 Å². The molecule has 2 aromatic rings. The Morgan fingerprint density at radius 1 is 1.15 bits per heavy atom. The van der Waals surface area contributed by atoms with E-state index in [1.165, 1.54) is 18.2 Å². The van der Waals surface area contributed by atoms with Crippen LogP contribution < -0.4 is 25.6 Å². The summed E-state index contributed by atoms with van der Waals surface area (Å²) in [4.78, 5) is 12.6. The molecule has 1 saturated heterocycles. The molecule has 3 rings (SSSR count). The fraction of sp³-hybridized carbons (Fsp3) is 0.316. The van der Waals surface area contributed by atoms with E-state index in [9.17, 15) is 9.18 Å². The predicted octanol–water partition coefficient (Wildman–Crippen LogP) is 2.83. The van der Waals surface area contributed by atoms with Crippen LogP contribution in [0.1, 0.15) is 28.8 Å². The van der Waals surface area contributed by atoms with Gasteiger partial charge < -0.3 is 14.8 Å². The lowest BCUT2D eigenvalue weighted by atomic mass is 9.91. The number of amides is 1. The first-order valence-corrected chi connectivity index (χ1v) is 8.82. The zero-order chi connectivity index (χ0) is 19.6. The molecule has 2 aromatic carbocycles. The summed E-state index contributed by atoms with van der Waals surface area (Å²) in [5, 5.41) is 2.88. The van der Waals surface area contributed by atoms with Crippen LogP contribution in [0.2, 0.25) is 5.02 Å². The number of rotatable bonds is 5. The number of ether oxygens (including phenoxy) is 2. The number of hydrogen-bond donors (Lipinski definition) is 3. The maximum atomic E-state index is 14.0. The Morgan fingerprint density at radius 3 is 2.56 bits per heavy atom. The standard InChI is InChI=1S/C19H21ClFN3O3/c1-10-16(11-7-8-14(26-2)15(9-11)27-3)18(24-23-10)22-19(25)17-12(20)5-4-6-13(17)21/h4-10,16,18,23-24H,1-3H3,(H,22,25). The van der Waals surface area contributed by atoms with Crippen molar-refractivity contribution < 1.29 is 18.7 Å². The van der Waals surface area contributed by atoms with Gasteiger partial charge in [0.2, 0.25) is 0 Å². The number of methoxy groups -OCH3 is 2. The van der Waals surface area contributed by atoms with Crippen molar-refractivity contribution in [2.45, 2.75) is 25.0 Å². The highest BCUT2D eigenvalue weighted by molar-refractivity contribution is 6.33. The molecule has 8 heteroatoms. The van der Waals surface area contributed by atoms with Crippen molar-refractivity contribution in [3.63, 3.8) is 0 Å². The Hall–Kier alpha value is -2.35. The summed E-state index contributed by atoms with van der Waals surface area (Å²) >= 11 is 6.00. The van der Waals surface area contributed by atoms with E-state index in [1.54, 1.807) is 14.2 Å². The molecular weight excluding hydrogens is 373 g/mol. The molecule has 3 unspecified atom stereocenters. The lowest BCUT2D eigenvalue weighted by Gasteiger charge is -2.23. The predicted molar refractivity (Wildman–Crippen MR) is 101 cm³/mol. The monoisotopic (exact) mass is 393 g/mol. The smallest absolute Gasteiger partial charge is 0.257 e. The molecule has 0 aliphatic carbocycles. The average molecular weight is 394 g/mol. The highest BCUT2D eigenvalue weighted by atomic mass is 35.5. The van der Waals surface area contributed by atoms with Crippen LogP contribution in [-0.4, -0.2) is 32.3 Å². The number of benzene rings is 2. The van der Waals surface area contributed by atoms with Gasteiger partial charge in [-0.05, 0) is 36.8 Å². The maximum absolute atomic E-state index is 14.0. The third-order valence-electron chi connectivity index (χ3n) is 4.63. The Balaban J connectivity index is 1.87. The van der Waals surface area contributed by atoms with Crippen molar-refractivity contribution in [2.24, 2.45) is 0 Å². The van der Waals surface area contributed by atoms with E-state index < -0.39 is 17.9 Å². The largest absolute Gasteiger partial charge is 0.493 e. The number of hydrazine groups is 1. The van der Waals surface area contributed by atoms with Gasteiger partial charge in [0.05, 0.1) is 24.8 Å². The lowest BCUT2D eigenvalue weighted by molar-refractivity contribution is 0.0924. The quantitative estimate of drug-likeness (QED) is 0.728. The molecule has 0 aromatic heterocycles. The molecule has 27 heavy (non-hydrogen) atoms. The van der Waals surface area contributed by atoms with Crippen LogP contribution in [0.5, 0.6) is 11.5 Å². The number of hydrogen-bond acceptors (Lipinski definition) is 5. The summed E-state index contributed by atoms with van der Waals surface area (Å²) in [7, 11) is 3.13. The fourth-order valence-electron chi connectivity index (χ4n) is 3.28. The van der Waals surface area contributed by atoms with E-state index >= 15 is 0 Å². The van der Waals surface area contributed by atoms with Gasteiger partial charge in [-0.2, -0.15) is 0 Å². The minimum atomic E-state index is -0.665. The molecule has 144 valence electrons. The Kier molecular flexibility index (Phi) is 5.84. The second-order valence-corrected chi connectivity index (χ2v) is 6.67. The minimum absolute atomic E-state index is 0.00416. The molecule has 6 nitrogen and oxygen atoms in total. The van der Waals surface area contributed by atoms with Crippen molar-refractivity contribution in [1.29, 1.82) is 0 Å². The van der Waals surface area contributed by atoms with Crippen LogP contribution >= 0.6 is 11.6 Å². The van der Waals surface area contributed by atoms with Gasteiger partial charge in [-0.1, -0.05) is 23.7 Å². The van der Waals surface area contributed by atoms with Crippen LogP contribution in [0.4, 0.5) is 4.39 Å². The lowest BCUT2D eigenvalue weighted by Crippen LogP contribution is -2.46. The molecule has 1 aliphatic heterocycles. The van der Waals surface area contributed by atoms with Crippen molar-refractivity contribution in [1.82, 2.24) is 16.2 Å². The normalized spacial score (nSPS) is 21.7. The molecule has 0 saturated carbocycles. The fourth-order valence-corrected chi connectivity index (χ4v) is 3.53. The summed E-state index contributed by atoms with van der Waals surface area (Å²) in [6.07, 6.45) is -0.471. The highest BCUT2D eigenvalue weighted by Crippen LogP contribution is 2.34. The number of carbonyl (C=O) groups is 1. The first-order valence-electron chi connectivity index (χ1n) is 8.44. The van der Waals surface area contributed by atoms with E-state index in [0.29, 0.717) is 11.5 Å². The molecule has 3 N–H and O–H groups in total. The molecule has 1 aliphatic rings. The SMILES string of the molecule is COc1ccc(C2C(C)NNC2NC(=O)c2c(F)cccc2Cl)cc1OC. The first kappa shape index (κ1) is 19.4. The van der Waals surface area contributed by atoms with Gasteiger partial charge in [0.1, 0.15) is 12.0 Å². The molecule has 1 amide bonds. The van der Waals surface area contributed by atoms with Crippen LogP contribution in [-0.2, 0) is 0 Å². The van der Waals surface area contributed by atoms with Crippen molar-refractivity contribution in [2.75, 3.05) is 14.2 Å². The van der Waals surface area contributed by atoms with Gasteiger partial charge >= 0.3 is 0 Å². The summed E-state index contributed by atoms with van der Waals surface area (Å²) in [6.45, 7) is 1.98. The van der Waals surface area contributed by atoms with E-state index in [4.69, 9.17) is 21.1 Å². The third-order valence-corrected chi connectivity index (χ3v) is 4.95. The summed E-state index contributed by atoms with van der Waals surface area (Å²) in [5.74, 6) is -0.166. The Labute approximate surface area is 162 Å². The van der Waals surface area contributed by atoms with E-state index in [2.05, 4.69) is 16.2 Å².